The summed E-state index contributed by atoms with van der Waals surface area (Å²) >= 11 is 3.35. The summed E-state index contributed by atoms with van der Waals surface area (Å²) in [7, 11) is 0. The van der Waals surface area contributed by atoms with Gasteiger partial charge in [0.2, 0.25) is 0 Å². The Labute approximate surface area is 130 Å². The van der Waals surface area contributed by atoms with Crippen LogP contribution in [0.25, 0.3) is 0 Å². The summed E-state index contributed by atoms with van der Waals surface area (Å²) < 4.78 is 27.3. The molecule has 2 nitrogen and oxygen atoms in total. The van der Waals surface area contributed by atoms with Crippen molar-refractivity contribution in [1.82, 2.24) is 0 Å². The van der Waals surface area contributed by atoms with Crippen molar-refractivity contribution in [3.05, 3.63) is 63.6 Å². The third kappa shape index (κ3) is 3.29. The maximum atomic E-state index is 13.4. The van der Waals surface area contributed by atoms with E-state index < -0.39 is 11.6 Å². The first-order valence-electron chi connectivity index (χ1n) is 6.47. The van der Waals surface area contributed by atoms with Gasteiger partial charge in [-0.2, -0.15) is 0 Å². The molecule has 0 aliphatic rings. The fourth-order valence-electron chi connectivity index (χ4n) is 2.11. The van der Waals surface area contributed by atoms with Gasteiger partial charge in [0.15, 0.2) is 11.6 Å². The van der Waals surface area contributed by atoms with Crippen LogP contribution in [0, 0.1) is 18.6 Å². The zero-order chi connectivity index (χ0) is 15.6. The van der Waals surface area contributed by atoms with Gasteiger partial charge < -0.3 is 4.90 Å². The monoisotopic (exact) mass is 353 g/mol. The van der Waals surface area contributed by atoms with Crippen molar-refractivity contribution in [1.29, 1.82) is 0 Å². The van der Waals surface area contributed by atoms with Crippen molar-refractivity contribution in [2.75, 3.05) is 11.4 Å². The summed E-state index contributed by atoms with van der Waals surface area (Å²) in [5.41, 5.74) is 1.68. The minimum Gasteiger partial charge on any atom is -0.309 e. The molecular formula is C16H14BrF2NO. The molecule has 0 saturated carbocycles. The Morgan fingerprint density at radius 2 is 1.86 bits per heavy atom. The third-order valence-electron chi connectivity index (χ3n) is 3.20. The molecule has 0 heterocycles. The third-order valence-corrected chi connectivity index (χ3v) is 3.69. The van der Waals surface area contributed by atoms with Gasteiger partial charge in [-0.3, -0.25) is 4.79 Å². The zero-order valence-corrected chi connectivity index (χ0v) is 13.2. The topological polar surface area (TPSA) is 20.3 Å². The Hall–Kier alpha value is -1.75. The van der Waals surface area contributed by atoms with Gasteiger partial charge >= 0.3 is 0 Å². The average Bonchev–Trinajstić information content (AvgIpc) is 2.43. The Balaban J connectivity index is 2.40. The Kier molecular flexibility index (Phi) is 4.73. The van der Waals surface area contributed by atoms with Gasteiger partial charge in [-0.1, -0.05) is 15.9 Å². The SMILES string of the molecule is CCN(C(=O)c1ccc(Br)cc1C)c1ccc(F)c(F)c1. The number of amides is 1. The first-order chi connectivity index (χ1) is 9.93. The van der Waals surface area contributed by atoms with E-state index in [0.717, 1.165) is 22.2 Å². The second kappa shape index (κ2) is 6.35. The molecule has 0 bridgehead atoms. The molecule has 2 aromatic carbocycles. The second-order valence-corrected chi connectivity index (χ2v) is 5.52. The van der Waals surface area contributed by atoms with Crippen molar-refractivity contribution in [2.24, 2.45) is 0 Å². The molecule has 0 spiro atoms. The largest absolute Gasteiger partial charge is 0.309 e. The molecule has 1 amide bonds. The van der Waals surface area contributed by atoms with E-state index in [4.69, 9.17) is 0 Å². The van der Waals surface area contributed by atoms with Crippen LogP contribution >= 0.6 is 15.9 Å². The van der Waals surface area contributed by atoms with E-state index in [9.17, 15) is 13.6 Å². The summed E-state index contributed by atoms with van der Waals surface area (Å²) in [6.07, 6.45) is 0. The number of carbonyl (C=O) groups excluding carboxylic acids is 1. The zero-order valence-electron chi connectivity index (χ0n) is 11.7. The maximum absolute atomic E-state index is 13.4. The smallest absolute Gasteiger partial charge is 0.258 e. The highest BCUT2D eigenvalue weighted by atomic mass is 79.9. The van der Waals surface area contributed by atoms with E-state index in [-0.39, 0.29) is 5.91 Å². The molecule has 0 aliphatic heterocycles. The fourth-order valence-corrected chi connectivity index (χ4v) is 2.58. The van der Waals surface area contributed by atoms with Crippen LogP contribution in [0.2, 0.25) is 0 Å². The number of aryl methyl sites for hydroxylation is 1. The molecule has 21 heavy (non-hydrogen) atoms. The van der Waals surface area contributed by atoms with Gasteiger partial charge in [-0.25, -0.2) is 8.78 Å². The lowest BCUT2D eigenvalue weighted by Crippen LogP contribution is -2.31. The van der Waals surface area contributed by atoms with E-state index in [1.807, 2.05) is 13.0 Å². The summed E-state index contributed by atoms with van der Waals surface area (Å²) in [5, 5.41) is 0. The standard InChI is InChI=1S/C16H14BrF2NO/c1-3-20(12-5-7-14(18)15(19)9-12)16(21)13-6-4-11(17)8-10(13)2/h4-9H,3H2,1-2H3. The highest BCUT2D eigenvalue weighted by molar-refractivity contribution is 9.10. The quantitative estimate of drug-likeness (QED) is 0.782. The van der Waals surface area contributed by atoms with Crippen molar-refractivity contribution in [3.8, 4) is 0 Å². The van der Waals surface area contributed by atoms with Crippen LogP contribution in [-0.4, -0.2) is 12.5 Å². The van der Waals surface area contributed by atoms with Crippen LogP contribution in [0.15, 0.2) is 40.9 Å². The van der Waals surface area contributed by atoms with Crippen molar-refractivity contribution < 1.29 is 13.6 Å². The van der Waals surface area contributed by atoms with Crippen LogP contribution in [-0.2, 0) is 0 Å². The lowest BCUT2D eigenvalue weighted by atomic mass is 10.1. The van der Waals surface area contributed by atoms with E-state index >= 15 is 0 Å². The van der Waals surface area contributed by atoms with Crippen LogP contribution in [0.4, 0.5) is 14.5 Å². The summed E-state index contributed by atoms with van der Waals surface area (Å²) in [6.45, 7) is 3.98. The molecule has 0 radical (unpaired) electrons. The minimum atomic E-state index is -0.966. The molecular weight excluding hydrogens is 340 g/mol. The number of nitrogens with zero attached hydrogens (tertiary/aromatic N) is 1. The van der Waals surface area contributed by atoms with Gasteiger partial charge in [0, 0.05) is 28.3 Å². The van der Waals surface area contributed by atoms with E-state index in [1.165, 1.54) is 11.0 Å². The number of halogens is 3. The second-order valence-electron chi connectivity index (χ2n) is 4.61. The molecule has 0 fully saturated rings. The van der Waals surface area contributed by atoms with Gasteiger partial charge in [0.25, 0.3) is 5.91 Å². The molecule has 0 aromatic heterocycles. The van der Waals surface area contributed by atoms with Crippen LogP contribution in [0.5, 0.6) is 0 Å². The number of hydrogen-bond acceptors (Lipinski definition) is 1. The van der Waals surface area contributed by atoms with Crippen LogP contribution < -0.4 is 4.90 Å². The summed E-state index contributed by atoms with van der Waals surface area (Å²) in [5.74, 6) is -2.14. The first-order valence-corrected chi connectivity index (χ1v) is 7.26. The molecule has 5 heteroatoms. The van der Waals surface area contributed by atoms with Crippen LogP contribution in [0.1, 0.15) is 22.8 Å². The van der Waals surface area contributed by atoms with Gasteiger partial charge in [-0.05, 0) is 49.7 Å². The van der Waals surface area contributed by atoms with Crippen molar-refractivity contribution in [3.63, 3.8) is 0 Å². The van der Waals surface area contributed by atoms with Gasteiger partial charge in [0.05, 0.1) is 0 Å². The number of rotatable bonds is 3. The highest BCUT2D eigenvalue weighted by Crippen LogP contribution is 2.23. The summed E-state index contributed by atoms with van der Waals surface area (Å²) in [6, 6.07) is 8.78. The average molecular weight is 354 g/mol. The fraction of sp³-hybridized carbons (Fsp3) is 0.188. The molecule has 2 rings (SSSR count). The predicted molar refractivity (Wildman–Crippen MR) is 82.6 cm³/mol. The lowest BCUT2D eigenvalue weighted by molar-refractivity contribution is 0.0987. The molecule has 0 atom stereocenters. The normalized spacial score (nSPS) is 10.5. The molecule has 0 saturated heterocycles. The lowest BCUT2D eigenvalue weighted by Gasteiger charge is -2.22. The Morgan fingerprint density at radius 3 is 2.43 bits per heavy atom. The summed E-state index contributed by atoms with van der Waals surface area (Å²) in [4.78, 5) is 14.0. The van der Waals surface area contributed by atoms with E-state index in [2.05, 4.69) is 15.9 Å². The molecule has 110 valence electrons. The van der Waals surface area contributed by atoms with E-state index in [1.54, 1.807) is 19.1 Å². The Bertz CT molecular complexity index is 688. The van der Waals surface area contributed by atoms with Crippen molar-refractivity contribution >= 4 is 27.5 Å². The minimum absolute atomic E-state index is 0.242. The van der Waals surface area contributed by atoms with Gasteiger partial charge in [0.1, 0.15) is 0 Å². The first kappa shape index (κ1) is 15.6. The number of hydrogen-bond donors (Lipinski definition) is 0. The van der Waals surface area contributed by atoms with Crippen molar-refractivity contribution in [2.45, 2.75) is 13.8 Å². The molecule has 0 unspecified atom stereocenters. The Morgan fingerprint density at radius 1 is 1.14 bits per heavy atom. The molecule has 0 N–H and O–H groups in total. The number of carbonyl (C=O) groups is 1. The maximum Gasteiger partial charge on any atom is 0.258 e. The van der Waals surface area contributed by atoms with E-state index in [0.29, 0.717) is 17.8 Å². The predicted octanol–water partition coefficient (Wildman–Crippen LogP) is 4.70. The molecule has 0 aliphatic carbocycles. The van der Waals surface area contributed by atoms with Gasteiger partial charge in [-0.15, -0.1) is 0 Å². The van der Waals surface area contributed by atoms with Crippen LogP contribution in [0.3, 0.4) is 0 Å². The number of anilines is 1. The number of benzene rings is 2. The molecule has 2 aromatic rings. The highest BCUT2D eigenvalue weighted by Gasteiger charge is 2.19.